The number of alkyl halides is 6. The van der Waals surface area contributed by atoms with Crippen LogP contribution < -0.4 is 22.2 Å². The Hall–Kier alpha value is -4.50. The average Bonchev–Trinajstić information content (AvgIpc) is 2.84. The molecular weight excluding hydrogens is 551 g/mol. The van der Waals surface area contributed by atoms with E-state index in [1.54, 1.807) is 12.0 Å². The van der Waals surface area contributed by atoms with Crippen molar-refractivity contribution in [1.29, 1.82) is 0 Å². The van der Waals surface area contributed by atoms with Gasteiger partial charge in [0.05, 0.1) is 29.2 Å². The minimum Gasteiger partial charge on any atom is -0.382 e. The molecule has 4 rings (SSSR count). The molecule has 0 saturated carbocycles. The van der Waals surface area contributed by atoms with Crippen LogP contribution in [0.4, 0.5) is 42.2 Å². The first-order valence-electron chi connectivity index (χ1n) is 11.6. The van der Waals surface area contributed by atoms with Crippen molar-refractivity contribution < 1.29 is 30.7 Å². The lowest BCUT2D eigenvalue weighted by Gasteiger charge is -2.18. The highest BCUT2D eigenvalue weighted by Crippen LogP contribution is 2.33. The molecule has 0 aliphatic rings. The molecule has 16 heteroatoms. The molecule has 212 valence electrons. The number of fused-ring (bicyclic) bond motifs is 1. The van der Waals surface area contributed by atoms with Crippen LogP contribution in [0.2, 0.25) is 0 Å². The summed E-state index contributed by atoms with van der Waals surface area (Å²) in [5, 5.41) is 8.03. The van der Waals surface area contributed by atoms with E-state index in [0.717, 1.165) is 18.5 Å². The van der Waals surface area contributed by atoms with Crippen molar-refractivity contribution in [2.45, 2.75) is 44.7 Å². The number of aryl methyl sites for hydroxylation is 1. The second kappa shape index (κ2) is 10.6. The van der Waals surface area contributed by atoms with Crippen molar-refractivity contribution in [2.75, 3.05) is 11.1 Å². The number of nitrogen functional groups attached to an aromatic ring is 1. The van der Waals surface area contributed by atoms with E-state index in [0.29, 0.717) is 12.8 Å². The van der Waals surface area contributed by atoms with Gasteiger partial charge in [0, 0.05) is 24.3 Å². The Kier molecular flexibility index (Phi) is 7.54. The van der Waals surface area contributed by atoms with E-state index in [2.05, 4.69) is 20.4 Å². The molecule has 0 aliphatic heterocycles. The minimum absolute atomic E-state index is 0.00725. The van der Waals surface area contributed by atoms with Crippen LogP contribution in [0.3, 0.4) is 0 Å². The number of pyridine rings is 1. The van der Waals surface area contributed by atoms with E-state index in [-0.39, 0.29) is 28.6 Å². The molecule has 40 heavy (non-hydrogen) atoms. The minimum atomic E-state index is -4.89. The number of H-pyrrole nitrogens is 1. The van der Waals surface area contributed by atoms with Crippen molar-refractivity contribution >= 4 is 22.3 Å². The summed E-state index contributed by atoms with van der Waals surface area (Å²) in [5.74, 6) is -1.85. The summed E-state index contributed by atoms with van der Waals surface area (Å²) in [4.78, 5) is 31.4. The van der Waals surface area contributed by atoms with Crippen molar-refractivity contribution in [3.05, 3.63) is 74.6 Å². The van der Waals surface area contributed by atoms with E-state index in [1.807, 2.05) is 0 Å². The lowest BCUT2D eigenvalue weighted by Crippen LogP contribution is -2.27. The average molecular weight is 571 g/mol. The molecule has 3 aromatic heterocycles. The molecule has 0 saturated heterocycles. The molecule has 3 heterocycles. The lowest BCUT2D eigenvalue weighted by atomic mass is 10.1. The molecule has 0 radical (unpaired) electrons. The van der Waals surface area contributed by atoms with Crippen molar-refractivity contribution in [2.24, 2.45) is 0 Å². The maximum atomic E-state index is 14.9. The zero-order chi connectivity index (χ0) is 29.4. The normalized spacial score (nSPS) is 13.0. The number of aromatic nitrogens is 5. The second-order valence-electron chi connectivity index (χ2n) is 8.89. The molecule has 1 atom stereocenters. The van der Waals surface area contributed by atoms with Gasteiger partial charge in [0.2, 0.25) is 0 Å². The Bertz CT molecular complexity index is 1680. The summed E-state index contributed by atoms with van der Waals surface area (Å²) in [6.07, 6.45) is -6.06. The Labute approximate surface area is 219 Å². The highest BCUT2D eigenvalue weighted by molar-refractivity contribution is 5.86. The van der Waals surface area contributed by atoms with Gasteiger partial charge in [-0.25, -0.2) is 19.5 Å². The predicted octanol–water partition coefficient (Wildman–Crippen LogP) is 4.58. The van der Waals surface area contributed by atoms with E-state index in [9.17, 15) is 40.3 Å². The zero-order valence-corrected chi connectivity index (χ0v) is 20.5. The predicted molar refractivity (Wildman–Crippen MR) is 131 cm³/mol. The number of hydrogen-bond acceptors (Lipinski definition) is 7. The summed E-state index contributed by atoms with van der Waals surface area (Å²) >= 11 is 0. The number of rotatable bonds is 7. The summed E-state index contributed by atoms with van der Waals surface area (Å²) in [6.45, 7) is 1.74. The number of anilines is 2. The first-order chi connectivity index (χ1) is 18.7. The number of halogens is 7. The van der Waals surface area contributed by atoms with Crippen LogP contribution in [-0.2, 0) is 18.9 Å². The van der Waals surface area contributed by atoms with Gasteiger partial charge in [-0.1, -0.05) is 0 Å². The molecule has 0 bridgehead atoms. The number of nitrogens with two attached hydrogens (primary N) is 1. The molecule has 0 spiro atoms. The Morgan fingerprint density at radius 3 is 2.48 bits per heavy atom. The number of hydrogen-bond donors (Lipinski definition) is 3. The molecule has 1 unspecified atom stereocenters. The largest absolute Gasteiger partial charge is 0.437 e. The van der Waals surface area contributed by atoms with Gasteiger partial charge in [-0.15, -0.1) is 0 Å². The quantitative estimate of drug-likeness (QED) is 0.277. The van der Waals surface area contributed by atoms with Gasteiger partial charge in [0.25, 0.3) is 11.1 Å². The van der Waals surface area contributed by atoms with E-state index in [1.165, 1.54) is 22.9 Å². The molecule has 4 N–H and O–H groups in total. The third-order valence-corrected chi connectivity index (χ3v) is 5.99. The highest BCUT2D eigenvalue weighted by atomic mass is 19.4. The number of nitrogens with zero attached hydrogens (tertiary/aromatic N) is 4. The third-order valence-electron chi connectivity index (χ3n) is 5.99. The smallest absolute Gasteiger partial charge is 0.382 e. The molecule has 9 nitrogen and oxygen atoms in total. The fourth-order valence-corrected chi connectivity index (χ4v) is 4.12. The summed E-state index contributed by atoms with van der Waals surface area (Å²) in [7, 11) is 0. The van der Waals surface area contributed by atoms with Gasteiger partial charge in [-0.2, -0.15) is 31.4 Å². The topological polar surface area (TPSA) is 132 Å². The van der Waals surface area contributed by atoms with Crippen LogP contribution in [0.25, 0.3) is 22.0 Å². The monoisotopic (exact) mass is 571 g/mol. The maximum absolute atomic E-state index is 14.9. The molecular formula is C24H20F7N7O2. The molecule has 0 amide bonds. The maximum Gasteiger partial charge on any atom is 0.437 e. The number of benzene rings is 1. The van der Waals surface area contributed by atoms with Crippen LogP contribution in [0.15, 0.2) is 46.4 Å². The highest BCUT2D eigenvalue weighted by Gasteiger charge is 2.38. The standard InChI is InChI=1S/C24H20F7N7O2/c1-11(35-17-10-34-37-21(39)18(17)23(26,27)28)3-2-5-38-6-4-12-7-14(15(25)8-13(12)22(38)40)16-9-33-19(20(32)36-16)24(29,30)31/h4,6-11H,2-3,5H2,1H3,(H2,32,36)(H2,35,37,39). The van der Waals surface area contributed by atoms with Crippen LogP contribution in [0.5, 0.6) is 0 Å². The van der Waals surface area contributed by atoms with E-state index < -0.39 is 58.1 Å². The van der Waals surface area contributed by atoms with Gasteiger partial charge < -0.3 is 15.6 Å². The summed E-state index contributed by atoms with van der Waals surface area (Å²) < 4.78 is 94.6. The van der Waals surface area contributed by atoms with Gasteiger partial charge in [-0.05, 0) is 43.4 Å². The van der Waals surface area contributed by atoms with Gasteiger partial charge >= 0.3 is 12.4 Å². The first kappa shape index (κ1) is 28.5. The van der Waals surface area contributed by atoms with Gasteiger partial charge in [0.15, 0.2) is 11.5 Å². The van der Waals surface area contributed by atoms with Crippen LogP contribution in [0, 0.1) is 5.82 Å². The number of nitrogens with one attached hydrogen (secondary N) is 2. The summed E-state index contributed by atoms with van der Waals surface area (Å²) in [5.41, 5.74) is -0.309. The molecule has 0 fully saturated rings. The van der Waals surface area contributed by atoms with Gasteiger partial charge in [-0.3, -0.25) is 9.59 Å². The Balaban J connectivity index is 1.50. The van der Waals surface area contributed by atoms with Crippen molar-refractivity contribution in [1.82, 2.24) is 24.7 Å². The first-order valence-corrected chi connectivity index (χ1v) is 11.6. The van der Waals surface area contributed by atoms with Crippen LogP contribution in [-0.4, -0.2) is 30.8 Å². The second-order valence-corrected chi connectivity index (χ2v) is 8.89. The Morgan fingerprint density at radius 1 is 1.10 bits per heavy atom. The van der Waals surface area contributed by atoms with Crippen molar-refractivity contribution in [3.8, 4) is 11.3 Å². The number of aromatic amines is 1. The molecule has 1 aromatic carbocycles. The fourth-order valence-electron chi connectivity index (χ4n) is 4.12. The Morgan fingerprint density at radius 2 is 1.82 bits per heavy atom. The van der Waals surface area contributed by atoms with Crippen molar-refractivity contribution in [3.63, 3.8) is 0 Å². The molecule has 0 aliphatic carbocycles. The molecule has 4 aromatic rings. The summed E-state index contributed by atoms with van der Waals surface area (Å²) in [6, 6.07) is 3.15. The fraction of sp³-hybridized carbons (Fsp3) is 0.292. The SMILES string of the molecule is CC(CCCn1ccc2cc(-c3cnc(C(F)(F)F)c(N)n3)c(F)cc2c1=O)Nc1cn[nH]c(=O)c1C(F)(F)F. The zero-order valence-electron chi connectivity index (χ0n) is 20.5. The van der Waals surface area contributed by atoms with Crippen LogP contribution in [0.1, 0.15) is 31.0 Å². The van der Waals surface area contributed by atoms with Gasteiger partial charge in [0.1, 0.15) is 11.4 Å². The lowest BCUT2D eigenvalue weighted by molar-refractivity contribution is -0.140. The van der Waals surface area contributed by atoms with E-state index >= 15 is 0 Å². The van der Waals surface area contributed by atoms with Crippen LogP contribution >= 0.6 is 0 Å². The third kappa shape index (κ3) is 5.89. The van der Waals surface area contributed by atoms with E-state index in [4.69, 9.17) is 5.73 Å².